The molecule has 3 heterocycles. The van der Waals surface area contributed by atoms with Gasteiger partial charge in [0.05, 0.1) is 24.8 Å². The Balaban J connectivity index is 1.08. The van der Waals surface area contributed by atoms with E-state index in [1.807, 2.05) is 36.4 Å². The van der Waals surface area contributed by atoms with E-state index < -0.39 is 0 Å². The molecular formula is C34H37N5O2. The number of piperazine rings is 1. The zero-order valence-corrected chi connectivity index (χ0v) is 23.6. The molecule has 1 unspecified atom stereocenters. The molecule has 41 heavy (non-hydrogen) atoms. The smallest absolute Gasteiger partial charge is 0.227 e. The van der Waals surface area contributed by atoms with Crippen molar-refractivity contribution in [3.63, 3.8) is 0 Å². The number of nitrogens with zero attached hydrogens (tertiary/aromatic N) is 5. The molecule has 0 spiro atoms. The predicted molar refractivity (Wildman–Crippen MR) is 162 cm³/mol. The number of ether oxygens (including phenoxy) is 1. The van der Waals surface area contributed by atoms with Crippen LogP contribution in [0, 0.1) is 5.92 Å². The lowest BCUT2D eigenvalue weighted by atomic mass is 9.95. The van der Waals surface area contributed by atoms with Crippen LogP contribution in [0.25, 0.3) is 11.3 Å². The van der Waals surface area contributed by atoms with Gasteiger partial charge in [-0.25, -0.2) is 0 Å². The summed E-state index contributed by atoms with van der Waals surface area (Å²) in [6.07, 6.45) is 1.89. The van der Waals surface area contributed by atoms with E-state index in [9.17, 15) is 4.79 Å². The third-order valence-electron chi connectivity index (χ3n) is 8.35. The summed E-state index contributed by atoms with van der Waals surface area (Å²) >= 11 is 0. The largest absolute Gasteiger partial charge is 0.497 e. The summed E-state index contributed by atoms with van der Waals surface area (Å²) in [6.45, 7) is 4.80. The molecule has 2 fully saturated rings. The van der Waals surface area contributed by atoms with Crippen LogP contribution >= 0.6 is 0 Å². The number of piperidine rings is 1. The lowest BCUT2D eigenvalue weighted by Gasteiger charge is -2.42. The number of benzene rings is 3. The van der Waals surface area contributed by atoms with Crippen molar-refractivity contribution in [1.29, 1.82) is 0 Å². The van der Waals surface area contributed by atoms with Gasteiger partial charge in [-0.15, -0.1) is 10.2 Å². The Kier molecular flexibility index (Phi) is 8.23. The van der Waals surface area contributed by atoms with Gasteiger partial charge >= 0.3 is 0 Å². The van der Waals surface area contributed by atoms with Crippen LogP contribution in [0.5, 0.6) is 5.75 Å². The summed E-state index contributed by atoms with van der Waals surface area (Å²) in [7, 11) is 1.66. The average Bonchev–Trinajstić information content (AvgIpc) is 3.06. The van der Waals surface area contributed by atoms with Crippen molar-refractivity contribution < 1.29 is 9.53 Å². The summed E-state index contributed by atoms with van der Waals surface area (Å²) in [5, 5.41) is 9.01. The molecule has 1 atom stereocenters. The van der Waals surface area contributed by atoms with Crippen molar-refractivity contribution in [2.75, 3.05) is 51.3 Å². The van der Waals surface area contributed by atoms with Gasteiger partial charge in [0.25, 0.3) is 0 Å². The summed E-state index contributed by atoms with van der Waals surface area (Å²) in [5.41, 5.74) is 4.40. The van der Waals surface area contributed by atoms with E-state index in [2.05, 4.69) is 85.6 Å². The number of carbonyl (C=O) groups is 1. The van der Waals surface area contributed by atoms with Crippen LogP contribution in [0.15, 0.2) is 97.1 Å². The van der Waals surface area contributed by atoms with Gasteiger partial charge in [-0.2, -0.15) is 0 Å². The quantitative estimate of drug-likeness (QED) is 0.313. The van der Waals surface area contributed by atoms with Gasteiger partial charge in [0.15, 0.2) is 5.82 Å². The van der Waals surface area contributed by atoms with Crippen LogP contribution < -0.4 is 9.64 Å². The third kappa shape index (κ3) is 6.10. The number of anilines is 1. The van der Waals surface area contributed by atoms with Gasteiger partial charge in [-0.3, -0.25) is 9.69 Å². The molecule has 0 saturated carbocycles. The molecule has 1 amide bonds. The Morgan fingerprint density at radius 1 is 0.780 bits per heavy atom. The highest BCUT2D eigenvalue weighted by Gasteiger charge is 2.33. The van der Waals surface area contributed by atoms with Crippen molar-refractivity contribution in [1.82, 2.24) is 20.0 Å². The molecule has 1 aromatic heterocycles. The highest BCUT2D eigenvalue weighted by atomic mass is 16.5. The second kappa shape index (κ2) is 12.5. The SMILES string of the molecule is COc1ccc(-c2ccc(N3CCCC(C(=O)N4CCN(C(c5ccccc5)c5ccccc5)CC4)C3)nn2)cc1. The van der Waals surface area contributed by atoms with E-state index in [0.717, 1.165) is 68.4 Å². The van der Waals surface area contributed by atoms with E-state index in [1.165, 1.54) is 11.1 Å². The fraction of sp³-hybridized carbons (Fsp3) is 0.324. The monoisotopic (exact) mass is 547 g/mol. The Labute approximate surface area is 242 Å². The highest BCUT2D eigenvalue weighted by molar-refractivity contribution is 5.80. The van der Waals surface area contributed by atoms with Gasteiger partial charge in [0.1, 0.15) is 5.75 Å². The Morgan fingerprint density at radius 2 is 1.44 bits per heavy atom. The molecule has 2 aliphatic rings. The molecule has 6 rings (SSSR count). The zero-order valence-electron chi connectivity index (χ0n) is 23.6. The number of methoxy groups -OCH3 is 1. The van der Waals surface area contributed by atoms with E-state index in [4.69, 9.17) is 4.74 Å². The first kappa shape index (κ1) is 27.0. The molecule has 2 aliphatic heterocycles. The summed E-state index contributed by atoms with van der Waals surface area (Å²) in [4.78, 5) is 20.5. The van der Waals surface area contributed by atoms with Crippen LogP contribution in [0.3, 0.4) is 0 Å². The number of hydrogen-bond acceptors (Lipinski definition) is 6. The standard InChI is InChI=1S/C34H37N5O2/c1-41-30-16-14-26(15-17-30)31-18-19-32(36-35-31)39-20-8-13-29(25-39)34(40)38-23-21-37(22-24-38)33(27-9-4-2-5-10-27)28-11-6-3-7-12-28/h2-7,9-12,14-19,29,33H,8,13,20-25H2,1H3. The van der Waals surface area contributed by atoms with E-state index in [0.29, 0.717) is 6.54 Å². The van der Waals surface area contributed by atoms with E-state index in [-0.39, 0.29) is 17.9 Å². The molecule has 3 aromatic carbocycles. The minimum Gasteiger partial charge on any atom is -0.497 e. The van der Waals surface area contributed by atoms with Gasteiger partial charge < -0.3 is 14.5 Å². The van der Waals surface area contributed by atoms with Crippen molar-refractivity contribution in [3.8, 4) is 17.0 Å². The van der Waals surface area contributed by atoms with Gasteiger partial charge in [0, 0.05) is 44.8 Å². The second-order valence-corrected chi connectivity index (χ2v) is 10.9. The van der Waals surface area contributed by atoms with Crippen molar-refractivity contribution in [3.05, 3.63) is 108 Å². The summed E-state index contributed by atoms with van der Waals surface area (Å²) in [6, 6.07) is 33.4. The first-order chi connectivity index (χ1) is 20.2. The number of hydrogen-bond donors (Lipinski definition) is 0. The number of carbonyl (C=O) groups excluding carboxylic acids is 1. The molecule has 0 radical (unpaired) electrons. The van der Waals surface area contributed by atoms with Crippen LogP contribution in [0.4, 0.5) is 5.82 Å². The molecular weight excluding hydrogens is 510 g/mol. The fourth-order valence-electron chi connectivity index (χ4n) is 6.14. The van der Waals surface area contributed by atoms with Crippen LogP contribution in [-0.4, -0.2) is 72.3 Å². The molecule has 7 nitrogen and oxygen atoms in total. The molecule has 0 bridgehead atoms. The van der Waals surface area contributed by atoms with Crippen LogP contribution in [0.2, 0.25) is 0 Å². The normalized spacial score (nSPS) is 18.0. The van der Waals surface area contributed by atoms with Crippen LogP contribution in [0.1, 0.15) is 30.0 Å². The number of aromatic nitrogens is 2. The highest BCUT2D eigenvalue weighted by Crippen LogP contribution is 2.31. The third-order valence-corrected chi connectivity index (χ3v) is 8.35. The zero-order chi connectivity index (χ0) is 28.0. The number of rotatable bonds is 7. The van der Waals surface area contributed by atoms with Crippen molar-refractivity contribution >= 4 is 11.7 Å². The Morgan fingerprint density at radius 3 is 2.02 bits per heavy atom. The van der Waals surface area contributed by atoms with Gasteiger partial charge in [-0.05, 0) is 60.4 Å². The molecule has 4 aromatic rings. The maximum atomic E-state index is 13.7. The van der Waals surface area contributed by atoms with Gasteiger partial charge in [0.2, 0.25) is 5.91 Å². The molecule has 2 saturated heterocycles. The van der Waals surface area contributed by atoms with Crippen LogP contribution in [-0.2, 0) is 4.79 Å². The first-order valence-electron chi connectivity index (χ1n) is 14.6. The number of amides is 1. The summed E-state index contributed by atoms with van der Waals surface area (Å²) < 4.78 is 5.25. The fourth-order valence-corrected chi connectivity index (χ4v) is 6.14. The maximum Gasteiger partial charge on any atom is 0.227 e. The lowest BCUT2D eigenvalue weighted by Crippen LogP contribution is -2.53. The van der Waals surface area contributed by atoms with Crippen molar-refractivity contribution in [2.24, 2.45) is 5.92 Å². The first-order valence-corrected chi connectivity index (χ1v) is 14.6. The summed E-state index contributed by atoms with van der Waals surface area (Å²) in [5.74, 6) is 1.90. The van der Waals surface area contributed by atoms with Gasteiger partial charge in [-0.1, -0.05) is 60.7 Å². The maximum absolute atomic E-state index is 13.7. The topological polar surface area (TPSA) is 61.8 Å². The van der Waals surface area contributed by atoms with E-state index in [1.54, 1.807) is 7.11 Å². The second-order valence-electron chi connectivity index (χ2n) is 10.9. The van der Waals surface area contributed by atoms with Crippen molar-refractivity contribution in [2.45, 2.75) is 18.9 Å². The lowest BCUT2D eigenvalue weighted by molar-refractivity contribution is -0.137. The Hall–Kier alpha value is -4.23. The molecule has 210 valence electrons. The predicted octanol–water partition coefficient (Wildman–Crippen LogP) is 5.30. The minimum absolute atomic E-state index is 0.0163. The molecule has 0 aliphatic carbocycles. The average molecular weight is 548 g/mol. The minimum atomic E-state index is -0.0163. The molecule has 0 N–H and O–H groups in total. The van der Waals surface area contributed by atoms with E-state index >= 15 is 0 Å². The Bertz CT molecular complexity index is 1370. The molecule has 7 heteroatoms.